The lowest BCUT2D eigenvalue weighted by Gasteiger charge is -2.13. The fraction of sp³-hybridized carbons (Fsp3) is 0.120. The zero-order chi connectivity index (χ0) is 22.2. The zero-order valence-corrected chi connectivity index (χ0v) is 16.4. The molecule has 0 unspecified atom stereocenters. The van der Waals surface area contributed by atoms with Crippen LogP contribution in [0.3, 0.4) is 0 Å². The van der Waals surface area contributed by atoms with Gasteiger partial charge >= 0.3 is 6.36 Å². The lowest BCUT2D eigenvalue weighted by Crippen LogP contribution is -2.19. The number of benzene rings is 4. The molecule has 0 N–H and O–H groups in total. The van der Waals surface area contributed by atoms with Crippen molar-refractivity contribution in [2.45, 2.75) is 19.7 Å². The molecule has 0 spiro atoms. The van der Waals surface area contributed by atoms with E-state index in [1.807, 2.05) is 24.3 Å². The molecule has 0 atom stereocenters. The summed E-state index contributed by atoms with van der Waals surface area (Å²) in [6.45, 7) is 2.09. The first-order chi connectivity index (χ1) is 14.7. The second-order valence-electron chi connectivity index (χ2n) is 7.11. The van der Waals surface area contributed by atoms with Crippen molar-refractivity contribution in [1.82, 2.24) is 0 Å². The third-order valence-corrected chi connectivity index (χ3v) is 5.12. The van der Waals surface area contributed by atoms with E-state index in [0.29, 0.717) is 5.56 Å². The van der Waals surface area contributed by atoms with E-state index in [1.54, 1.807) is 6.07 Å². The van der Waals surface area contributed by atoms with Crippen LogP contribution in [-0.4, -0.2) is 6.36 Å². The highest BCUT2D eigenvalue weighted by Gasteiger charge is 2.34. The second kappa shape index (κ2) is 8.02. The summed E-state index contributed by atoms with van der Waals surface area (Å²) >= 11 is 0. The first-order valence-corrected chi connectivity index (χ1v) is 9.62. The highest BCUT2D eigenvalue weighted by molar-refractivity contribution is 5.89. The van der Waals surface area contributed by atoms with Crippen molar-refractivity contribution >= 4 is 10.8 Å². The molecule has 0 bridgehead atoms. The Hall–Kier alpha value is -3.41. The summed E-state index contributed by atoms with van der Waals surface area (Å²) in [6.07, 6.45) is -4.22. The van der Waals surface area contributed by atoms with Gasteiger partial charge in [-0.2, -0.15) is 0 Å². The van der Waals surface area contributed by atoms with E-state index in [1.165, 1.54) is 17.7 Å². The highest BCUT2D eigenvalue weighted by Crippen LogP contribution is 2.35. The van der Waals surface area contributed by atoms with Crippen molar-refractivity contribution in [1.29, 1.82) is 0 Å². The molecule has 158 valence electrons. The Kier molecular flexibility index (Phi) is 5.39. The Balaban J connectivity index is 1.67. The summed E-state index contributed by atoms with van der Waals surface area (Å²) in [5.41, 5.74) is 4.84. The predicted octanol–water partition coefficient (Wildman–Crippen LogP) is 7.91. The Morgan fingerprint density at radius 3 is 1.77 bits per heavy atom. The third kappa shape index (κ3) is 4.38. The standard InChI is InChI=1S/C25H17F5O/c1-2-15-3-5-16(6-4-15)17-7-9-18(10-8-17)19-11-12-21-20(13-19)14-22(26)24(23(21)27)31-25(28,29)30/h3-14H,2H2,1H3. The van der Waals surface area contributed by atoms with E-state index < -0.39 is 23.7 Å². The Labute approximate surface area is 175 Å². The second-order valence-corrected chi connectivity index (χ2v) is 7.11. The molecule has 31 heavy (non-hydrogen) atoms. The quantitative estimate of drug-likeness (QED) is 0.300. The molecule has 0 radical (unpaired) electrons. The van der Waals surface area contributed by atoms with E-state index in [-0.39, 0.29) is 10.8 Å². The van der Waals surface area contributed by atoms with Gasteiger partial charge in [0.25, 0.3) is 0 Å². The van der Waals surface area contributed by atoms with Crippen molar-refractivity contribution in [2.75, 3.05) is 0 Å². The minimum absolute atomic E-state index is 0.140. The van der Waals surface area contributed by atoms with Gasteiger partial charge in [-0.05, 0) is 51.8 Å². The molecular formula is C25H17F5O. The van der Waals surface area contributed by atoms with Crippen LogP contribution >= 0.6 is 0 Å². The maximum absolute atomic E-state index is 14.4. The van der Waals surface area contributed by atoms with E-state index in [2.05, 4.69) is 35.9 Å². The molecule has 0 aromatic heterocycles. The third-order valence-electron chi connectivity index (χ3n) is 5.12. The van der Waals surface area contributed by atoms with Crippen molar-refractivity contribution in [3.8, 4) is 28.0 Å². The molecule has 0 aliphatic heterocycles. The Bertz CT molecular complexity index is 1230. The van der Waals surface area contributed by atoms with Gasteiger partial charge in [0.2, 0.25) is 5.75 Å². The monoisotopic (exact) mass is 428 g/mol. The van der Waals surface area contributed by atoms with Crippen LogP contribution in [0.4, 0.5) is 22.0 Å². The van der Waals surface area contributed by atoms with Gasteiger partial charge in [0.1, 0.15) is 0 Å². The molecule has 1 nitrogen and oxygen atoms in total. The number of alkyl halides is 3. The molecule has 0 aliphatic rings. The minimum Gasteiger partial charge on any atom is -0.399 e. The summed E-state index contributed by atoms with van der Waals surface area (Å²) in [5, 5.41) is -0.0155. The smallest absolute Gasteiger partial charge is 0.399 e. The fourth-order valence-corrected chi connectivity index (χ4v) is 3.49. The lowest BCUT2D eigenvalue weighted by atomic mass is 9.97. The molecule has 0 saturated carbocycles. The molecule has 4 aromatic carbocycles. The SMILES string of the molecule is CCc1ccc(-c2ccc(-c3ccc4c(F)c(OC(F)(F)F)c(F)cc4c3)cc2)cc1. The van der Waals surface area contributed by atoms with Crippen molar-refractivity contribution in [3.05, 3.63) is 90.0 Å². The maximum Gasteiger partial charge on any atom is 0.573 e. The average molecular weight is 428 g/mol. The number of ether oxygens (including phenoxy) is 1. The van der Waals surface area contributed by atoms with Crippen LogP contribution in [0.5, 0.6) is 5.75 Å². The molecule has 6 heteroatoms. The first kappa shape index (κ1) is 20.8. The van der Waals surface area contributed by atoms with E-state index in [4.69, 9.17) is 0 Å². The first-order valence-electron chi connectivity index (χ1n) is 9.62. The van der Waals surface area contributed by atoms with Gasteiger partial charge in [-0.3, -0.25) is 0 Å². The summed E-state index contributed by atoms with van der Waals surface area (Å²) in [7, 11) is 0. The molecule has 4 rings (SSSR count). The zero-order valence-electron chi connectivity index (χ0n) is 16.4. The number of hydrogen-bond acceptors (Lipinski definition) is 1. The lowest BCUT2D eigenvalue weighted by molar-refractivity contribution is -0.276. The van der Waals surface area contributed by atoms with Gasteiger partial charge in [-0.1, -0.05) is 67.6 Å². The molecule has 0 fully saturated rings. The Morgan fingerprint density at radius 1 is 0.710 bits per heavy atom. The van der Waals surface area contributed by atoms with Crippen LogP contribution in [0.1, 0.15) is 12.5 Å². The van der Waals surface area contributed by atoms with Crippen LogP contribution in [0, 0.1) is 11.6 Å². The van der Waals surface area contributed by atoms with Crippen LogP contribution in [-0.2, 0) is 6.42 Å². The van der Waals surface area contributed by atoms with Crippen molar-refractivity contribution in [3.63, 3.8) is 0 Å². The largest absolute Gasteiger partial charge is 0.573 e. The topological polar surface area (TPSA) is 9.23 Å². The predicted molar refractivity (Wildman–Crippen MR) is 111 cm³/mol. The van der Waals surface area contributed by atoms with Gasteiger partial charge in [0, 0.05) is 5.39 Å². The number of halogens is 5. The van der Waals surface area contributed by atoms with E-state index in [9.17, 15) is 22.0 Å². The van der Waals surface area contributed by atoms with Crippen LogP contribution < -0.4 is 4.74 Å². The number of aryl methyl sites for hydroxylation is 1. The molecule has 4 aromatic rings. The van der Waals surface area contributed by atoms with Gasteiger partial charge in [-0.15, -0.1) is 13.2 Å². The summed E-state index contributed by atoms with van der Waals surface area (Å²) in [5.74, 6) is -4.25. The highest BCUT2D eigenvalue weighted by atomic mass is 19.4. The van der Waals surface area contributed by atoms with Gasteiger partial charge in [0.15, 0.2) is 11.6 Å². The molecule has 0 aliphatic carbocycles. The summed E-state index contributed by atoms with van der Waals surface area (Å²) in [6, 6.07) is 21.2. The molecular weight excluding hydrogens is 411 g/mol. The number of hydrogen-bond donors (Lipinski definition) is 0. The van der Waals surface area contributed by atoms with Crippen LogP contribution in [0.2, 0.25) is 0 Å². The maximum atomic E-state index is 14.4. The normalized spacial score (nSPS) is 11.7. The van der Waals surface area contributed by atoms with Gasteiger partial charge < -0.3 is 4.74 Å². The van der Waals surface area contributed by atoms with E-state index in [0.717, 1.165) is 29.2 Å². The molecule has 0 saturated heterocycles. The van der Waals surface area contributed by atoms with Crippen LogP contribution in [0.25, 0.3) is 33.0 Å². The van der Waals surface area contributed by atoms with E-state index >= 15 is 0 Å². The number of rotatable bonds is 4. The fourth-order valence-electron chi connectivity index (χ4n) is 3.49. The summed E-state index contributed by atoms with van der Waals surface area (Å²) in [4.78, 5) is 0. The minimum atomic E-state index is -5.19. The van der Waals surface area contributed by atoms with Crippen molar-refractivity contribution in [2.24, 2.45) is 0 Å². The Morgan fingerprint density at radius 2 is 1.23 bits per heavy atom. The number of fused-ring (bicyclic) bond motifs is 1. The molecule has 0 heterocycles. The van der Waals surface area contributed by atoms with Gasteiger partial charge in [0.05, 0.1) is 0 Å². The summed E-state index contributed by atoms with van der Waals surface area (Å²) < 4.78 is 69.3. The van der Waals surface area contributed by atoms with Crippen LogP contribution in [0.15, 0.2) is 72.8 Å². The molecule has 0 amide bonds. The van der Waals surface area contributed by atoms with Crippen molar-refractivity contribution < 1.29 is 26.7 Å². The van der Waals surface area contributed by atoms with Gasteiger partial charge in [-0.25, -0.2) is 8.78 Å². The average Bonchev–Trinajstić information content (AvgIpc) is 2.76.